The van der Waals surface area contributed by atoms with Crippen molar-refractivity contribution in [2.75, 3.05) is 42.3 Å². The number of hydrogen-bond acceptors (Lipinski definition) is 9. The van der Waals surface area contributed by atoms with Crippen LogP contribution in [0.3, 0.4) is 0 Å². The lowest BCUT2D eigenvalue weighted by Crippen LogP contribution is -2.35. The molecule has 5 aromatic rings. The van der Waals surface area contributed by atoms with E-state index in [1.54, 1.807) is 42.7 Å². The van der Waals surface area contributed by atoms with Crippen molar-refractivity contribution in [2.24, 2.45) is 0 Å². The molecule has 0 unspecified atom stereocenters. The Labute approximate surface area is 269 Å². The maximum atomic E-state index is 13.2. The maximum Gasteiger partial charge on any atom is 0.416 e. The number of morpholine rings is 1. The van der Waals surface area contributed by atoms with E-state index in [-0.39, 0.29) is 5.56 Å². The molecule has 0 atom stereocenters. The van der Waals surface area contributed by atoms with E-state index < -0.39 is 17.6 Å². The number of carbonyl (C=O) groups excluding carboxylic acids is 1. The number of alkyl halides is 3. The number of anilines is 5. The van der Waals surface area contributed by atoms with Gasteiger partial charge in [0.25, 0.3) is 5.91 Å². The number of aryl methyl sites for hydroxylation is 1. The highest BCUT2D eigenvalue weighted by Gasteiger charge is 2.31. The number of rotatable bonds is 9. The summed E-state index contributed by atoms with van der Waals surface area (Å²) in [4.78, 5) is 33.0. The maximum absolute atomic E-state index is 13.2. The number of benzene rings is 2. The van der Waals surface area contributed by atoms with Crippen LogP contribution in [0.4, 0.5) is 42.0 Å². The van der Waals surface area contributed by atoms with E-state index in [1.165, 1.54) is 18.5 Å². The molecule has 3 N–H and O–H groups in total. The van der Waals surface area contributed by atoms with E-state index in [1.807, 2.05) is 25.1 Å². The van der Waals surface area contributed by atoms with Crippen LogP contribution in [0.25, 0.3) is 11.3 Å². The molecule has 0 aliphatic carbocycles. The summed E-state index contributed by atoms with van der Waals surface area (Å²) in [5, 5.41) is 9.28. The van der Waals surface area contributed by atoms with Gasteiger partial charge in [-0.05, 0) is 72.6 Å². The highest BCUT2D eigenvalue weighted by atomic mass is 19.4. The number of hydrogen-bond donors (Lipinski definition) is 3. The molecule has 10 nitrogen and oxygen atoms in total. The summed E-state index contributed by atoms with van der Waals surface area (Å²) in [5.74, 6) is 1.06. The summed E-state index contributed by atoms with van der Waals surface area (Å²) in [6.45, 7) is 5.93. The Balaban J connectivity index is 1.18. The molecule has 1 aliphatic rings. The first kappa shape index (κ1) is 31.6. The first-order valence-electron chi connectivity index (χ1n) is 14.9. The average Bonchev–Trinajstić information content (AvgIpc) is 3.07. The molecule has 1 fully saturated rings. The standard InChI is InChI=1S/C34H31F3N8O2/c1-22-7-8-26(42-33(46)24-4-2-5-25(17-24)34(35,36)37)18-28(22)43-32-27(6-3-10-39-32)29-19-31(41-21-40-29)44-30-16-23(9-11-38-30)20-45-12-14-47-15-13-45/h2-11,16-19,21H,12-15,20H2,1H3,(H,39,43)(H,42,46)(H,38,40,41,44). The lowest BCUT2D eigenvalue weighted by Gasteiger charge is -2.26. The molecular weight excluding hydrogens is 609 g/mol. The molecule has 0 radical (unpaired) electrons. The van der Waals surface area contributed by atoms with Crippen LogP contribution < -0.4 is 16.0 Å². The van der Waals surface area contributed by atoms with Crippen LogP contribution in [0.15, 0.2) is 91.5 Å². The Morgan fingerprint density at radius 3 is 2.53 bits per heavy atom. The summed E-state index contributed by atoms with van der Waals surface area (Å²) in [5.41, 5.74) is 3.33. The fraction of sp³-hybridized carbons (Fsp3) is 0.206. The van der Waals surface area contributed by atoms with Gasteiger partial charge in [0.2, 0.25) is 0 Å². The summed E-state index contributed by atoms with van der Waals surface area (Å²) in [7, 11) is 0. The SMILES string of the molecule is Cc1ccc(NC(=O)c2cccc(C(F)(F)F)c2)cc1Nc1ncccc1-c1cc(Nc2cc(CN3CCOCC3)ccn2)ncn1. The topological polar surface area (TPSA) is 117 Å². The van der Waals surface area contributed by atoms with Crippen LogP contribution in [-0.4, -0.2) is 57.0 Å². The predicted octanol–water partition coefficient (Wildman–Crippen LogP) is 6.83. The average molecular weight is 641 g/mol. The molecule has 3 aromatic heterocycles. The molecular formula is C34H31F3N8O2. The Morgan fingerprint density at radius 2 is 1.70 bits per heavy atom. The van der Waals surface area contributed by atoms with Crippen molar-refractivity contribution >= 4 is 34.7 Å². The fourth-order valence-corrected chi connectivity index (χ4v) is 5.08. The Kier molecular flexibility index (Phi) is 9.36. The van der Waals surface area contributed by atoms with Crippen LogP contribution in [0.5, 0.6) is 0 Å². The van der Waals surface area contributed by atoms with Crippen molar-refractivity contribution in [1.29, 1.82) is 0 Å². The summed E-state index contributed by atoms with van der Waals surface area (Å²) >= 11 is 0. The van der Waals surface area contributed by atoms with Crippen molar-refractivity contribution in [2.45, 2.75) is 19.6 Å². The van der Waals surface area contributed by atoms with Gasteiger partial charge < -0.3 is 20.7 Å². The monoisotopic (exact) mass is 640 g/mol. The zero-order valence-electron chi connectivity index (χ0n) is 25.4. The summed E-state index contributed by atoms with van der Waals surface area (Å²) in [6, 6.07) is 18.9. The number of ether oxygens (including phenoxy) is 1. The van der Waals surface area contributed by atoms with Gasteiger partial charge in [0, 0.05) is 60.6 Å². The first-order chi connectivity index (χ1) is 22.7. The van der Waals surface area contributed by atoms with E-state index in [0.29, 0.717) is 40.1 Å². The van der Waals surface area contributed by atoms with Crippen molar-refractivity contribution in [1.82, 2.24) is 24.8 Å². The van der Waals surface area contributed by atoms with Gasteiger partial charge in [0.15, 0.2) is 0 Å². The number of aromatic nitrogens is 4. The van der Waals surface area contributed by atoms with E-state index in [9.17, 15) is 18.0 Å². The highest BCUT2D eigenvalue weighted by Crippen LogP contribution is 2.32. The Bertz CT molecular complexity index is 1880. The lowest BCUT2D eigenvalue weighted by molar-refractivity contribution is -0.137. The molecule has 47 heavy (non-hydrogen) atoms. The van der Waals surface area contributed by atoms with Gasteiger partial charge in [-0.25, -0.2) is 19.9 Å². The molecule has 1 aliphatic heterocycles. The second-order valence-corrected chi connectivity index (χ2v) is 10.9. The minimum Gasteiger partial charge on any atom is -0.379 e. The Morgan fingerprint density at radius 1 is 0.872 bits per heavy atom. The van der Waals surface area contributed by atoms with E-state index >= 15 is 0 Å². The van der Waals surface area contributed by atoms with Crippen LogP contribution in [0, 0.1) is 6.92 Å². The van der Waals surface area contributed by atoms with Crippen molar-refractivity contribution in [3.63, 3.8) is 0 Å². The molecule has 6 rings (SSSR count). The van der Waals surface area contributed by atoms with Crippen molar-refractivity contribution in [3.05, 3.63) is 114 Å². The smallest absolute Gasteiger partial charge is 0.379 e. The van der Waals surface area contributed by atoms with Crippen LogP contribution >= 0.6 is 0 Å². The van der Waals surface area contributed by atoms with Gasteiger partial charge in [-0.2, -0.15) is 13.2 Å². The van der Waals surface area contributed by atoms with Gasteiger partial charge in [0.05, 0.1) is 24.5 Å². The number of halogens is 3. The minimum atomic E-state index is -4.55. The largest absolute Gasteiger partial charge is 0.416 e. The van der Waals surface area contributed by atoms with Crippen molar-refractivity contribution in [3.8, 4) is 11.3 Å². The van der Waals surface area contributed by atoms with Gasteiger partial charge >= 0.3 is 6.18 Å². The third-order valence-electron chi connectivity index (χ3n) is 7.54. The van der Waals surface area contributed by atoms with Crippen molar-refractivity contribution < 1.29 is 22.7 Å². The zero-order chi connectivity index (χ0) is 32.8. The van der Waals surface area contributed by atoms with E-state index in [2.05, 4.69) is 40.8 Å². The third kappa shape index (κ3) is 8.07. The molecule has 2 aromatic carbocycles. The molecule has 0 spiro atoms. The molecule has 0 bridgehead atoms. The van der Waals surface area contributed by atoms with Crippen LogP contribution in [0.2, 0.25) is 0 Å². The fourth-order valence-electron chi connectivity index (χ4n) is 5.08. The third-order valence-corrected chi connectivity index (χ3v) is 7.54. The second kappa shape index (κ2) is 13.9. The summed E-state index contributed by atoms with van der Waals surface area (Å²) in [6.07, 6.45) is 0.316. The van der Waals surface area contributed by atoms with Gasteiger partial charge in [-0.3, -0.25) is 9.69 Å². The van der Waals surface area contributed by atoms with Gasteiger partial charge in [0.1, 0.15) is 23.8 Å². The van der Waals surface area contributed by atoms with Crippen LogP contribution in [0.1, 0.15) is 27.0 Å². The molecule has 1 saturated heterocycles. The number of amides is 1. The quantitative estimate of drug-likeness (QED) is 0.159. The number of nitrogens with zero attached hydrogens (tertiary/aromatic N) is 5. The molecule has 13 heteroatoms. The minimum absolute atomic E-state index is 0.103. The number of pyridine rings is 2. The first-order valence-corrected chi connectivity index (χ1v) is 14.9. The number of carbonyl (C=O) groups is 1. The molecule has 0 saturated carbocycles. The highest BCUT2D eigenvalue weighted by molar-refractivity contribution is 6.04. The molecule has 240 valence electrons. The predicted molar refractivity (Wildman–Crippen MR) is 173 cm³/mol. The number of nitrogens with one attached hydrogen (secondary N) is 3. The summed E-state index contributed by atoms with van der Waals surface area (Å²) < 4.78 is 44.9. The van der Waals surface area contributed by atoms with Crippen LogP contribution in [-0.2, 0) is 17.5 Å². The van der Waals surface area contributed by atoms with Gasteiger partial charge in [-0.1, -0.05) is 12.1 Å². The van der Waals surface area contributed by atoms with E-state index in [4.69, 9.17) is 4.74 Å². The Hall–Kier alpha value is -5.40. The molecule has 1 amide bonds. The second-order valence-electron chi connectivity index (χ2n) is 10.9. The molecule has 4 heterocycles. The van der Waals surface area contributed by atoms with Gasteiger partial charge in [-0.15, -0.1) is 0 Å². The zero-order valence-corrected chi connectivity index (χ0v) is 25.4. The normalized spacial score (nSPS) is 13.6. The lowest BCUT2D eigenvalue weighted by atomic mass is 10.1. The van der Waals surface area contributed by atoms with E-state index in [0.717, 1.165) is 56.1 Å².